The molecule has 0 spiro atoms. The number of likely N-dealkylation sites (tertiary alicyclic amines) is 1. The van der Waals surface area contributed by atoms with Crippen LogP contribution in [0.2, 0.25) is 0 Å². The molecular weight excluding hydrogens is 224 g/mol. The highest BCUT2D eigenvalue weighted by atomic mass is 16.4. The van der Waals surface area contributed by atoms with E-state index in [1.165, 1.54) is 4.90 Å². The van der Waals surface area contributed by atoms with Crippen LogP contribution in [0.5, 0.6) is 0 Å². The van der Waals surface area contributed by atoms with Crippen LogP contribution in [0, 0.1) is 19.8 Å². The second-order valence-electron chi connectivity index (χ2n) is 4.26. The zero-order chi connectivity index (χ0) is 12.6. The lowest BCUT2D eigenvalue weighted by molar-refractivity contribution is -0.141. The number of amides is 1. The molecule has 1 fully saturated rings. The van der Waals surface area contributed by atoms with Crippen LogP contribution in [-0.2, 0) is 16.1 Å². The summed E-state index contributed by atoms with van der Waals surface area (Å²) in [6.07, 6.45) is 0.0635. The summed E-state index contributed by atoms with van der Waals surface area (Å²) in [5.74, 6) is -0.521. The Hall–Kier alpha value is -1.85. The van der Waals surface area contributed by atoms with Gasteiger partial charge in [-0.2, -0.15) is 0 Å². The number of hydrogen-bond donors (Lipinski definition) is 1. The molecule has 6 nitrogen and oxygen atoms in total. The zero-order valence-corrected chi connectivity index (χ0v) is 9.77. The number of aryl methyl sites for hydroxylation is 2. The lowest BCUT2D eigenvalue weighted by Gasteiger charge is -2.12. The van der Waals surface area contributed by atoms with Crippen molar-refractivity contribution in [1.82, 2.24) is 9.88 Å². The van der Waals surface area contributed by atoms with E-state index in [2.05, 4.69) is 4.98 Å². The predicted molar refractivity (Wildman–Crippen MR) is 57.1 cm³/mol. The van der Waals surface area contributed by atoms with Gasteiger partial charge in [0.1, 0.15) is 5.76 Å². The van der Waals surface area contributed by atoms with Gasteiger partial charge >= 0.3 is 5.97 Å². The van der Waals surface area contributed by atoms with Gasteiger partial charge < -0.3 is 14.4 Å². The second kappa shape index (κ2) is 4.20. The molecule has 0 radical (unpaired) electrons. The average molecular weight is 238 g/mol. The van der Waals surface area contributed by atoms with E-state index >= 15 is 0 Å². The lowest BCUT2D eigenvalue weighted by Crippen LogP contribution is -2.25. The Morgan fingerprint density at radius 1 is 1.59 bits per heavy atom. The summed E-state index contributed by atoms with van der Waals surface area (Å²) in [5, 5.41) is 8.85. The first-order valence-corrected chi connectivity index (χ1v) is 5.41. The maximum absolute atomic E-state index is 11.6. The fourth-order valence-corrected chi connectivity index (χ4v) is 1.86. The molecule has 1 aliphatic rings. The molecule has 17 heavy (non-hydrogen) atoms. The van der Waals surface area contributed by atoms with E-state index in [-0.39, 0.29) is 25.4 Å². The first kappa shape index (κ1) is 11.6. The van der Waals surface area contributed by atoms with Crippen LogP contribution in [0.1, 0.15) is 23.8 Å². The minimum absolute atomic E-state index is 0.0635. The van der Waals surface area contributed by atoms with Crippen molar-refractivity contribution < 1.29 is 19.1 Å². The third kappa shape index (κ3) is 2.30. The fourth-order valence-electron chi connectivity index (χ4n) is 1.86. The number of carbonyl (C=O) groups is 2. The summed E-state index contributed by atoms with van der Waals surface area (Å²) in [4.78, 5) is 28.0. The molecule has 1 unspecified atom stereocenters. The highest BCUT2D eigenvalue weighted by Gasteiger charge is 2.34. The van der Waals surface area contributed by atoms with Gasteiger partial charge in [-0.15, -0.1) is 0 Å². The van der Waals surface area contributed by atoms with Gasteiger partial charge in [0, 0.05) is 13.0 Å². The van der Waals surface area contributed by atoms with Gasteiger partial charge in [-0.3, -0.25) is 9.59 Å². The van der Waals surface area contributed by atoms with Crippen LogP contribution in [0.15, 0.2) is 4.42 Å². The van der Waals surface area contributed by atoms with Crippen LogP contribution < -0.4 is 0 Å². The molecule has 0 saturated carbocycles. The largest absolute Gasteiger partial charge is 0.481 e. The van der Waals surface area contributed by atoms with Crippen molar-refractivity contribution in [2.24, 2.45) is 5.92 Å². The van der Waals surface area contributed by atoms with E-state index in [0.717, 1.165) is 11.5 Å². The van der Waals surface area contributed by atoms with Gasteiger partial charge in [0.25, 0.3) is 0 Å². The standard InChI is InChI=1S/C11H14N2O4/c1-6-7(2)17-9(12-6)5-13-4-8(11(15)16)3-10(13)14/h8H,3-5H2,1-2H3,(H,15,16). The van der Waals surface area contributed by atoms with Crippen LogP contribution in [0.25, 0.3) is 0 Å². The summed E-state index contributed by atoms with van der Waals surface area (Å²) < 4.78 is 5.37. The molecule has 1 aliphatic heterocycles. The molecule has 1 aromatic rings. The Morgan fingerprint density at radius 2 is 2.29 bits per heavy atom. The molecule has 1 atom stereocenters. The van der Waals surface area contributed by atoms with Crippen molar-refractivity contribution in [3.8, 4) is 0 Å². The monoisotopic (exact) mass is 238 g/mol. The van der Waals surface area contributed by atoms with Crippen LogP contribution >= 0.6 is 0 Å². The van der Waals surface area contributed by atoms with Crippen LogP contribution in [0.4, 0.5) is 0 Å². The van der Waals surface area contributed by atoms with Crippen molar-refractivity contribution in [3.05, 3.63) is 17.3 Å². The van der Waals surface area contributed by atoms with Gasteiger partial charge in [-0.05, 0) is 13.8 Å². The topological polar surface area (TPSA) is 83.6 Å². The minimum Gasteiger partial charge on any atom is -0.481 e. The van der Waals surface area contributed by atoms with E-state index in [1.807, 2.05) is 6.92 Å². The minimum atomic E-state index is -0.930. The summed E-state index contributed by atoms with van der Waals surface area (Å²) in [5.41, 5.74) is 0.793. The van der Waals surface area contributed by atoms with Gasteiger partial charge in [-0.25, -0.2) is 4.98 Å². The Labute approximate surface area is 98.2 Å². The molecule has 1 amide bonds. The number of aliphatic carboxylic acids is 1. The Morgan fingerprint density at radius 3 is 2.76 bits per heavy atom. The molecule has 2 heterocycles. The van der Waals surface area contributed by atoms with Crippen LogP contribution in [0.3, 0.4) is 0 Å². The molecule has 0 aliphatic carbocycles. The molecule has 2 rings (SSSR count). The molecule has 0 aromatic carbocycles. The third-order valence-corrected chi connectivity index (χ3v) is 2.96. The summed E-state index contributed by atoms with van der Waals surface area (Å²) in [7, 11) is 0. The molecule has 1 aromatic heterocycles. The van der Waals surface area contributed by atoms with Crippen molar-refractivity contribution in [2.75, 3.05) is 6.54 Å². The SMILES string of the molecule is Cc1nc(CN2CC(C(=O)O)CC2=O)oc1C. The second-order valence-corrected chi connectivity index (χ2v) is 4.26. The number of carboxylic acid groups (broad SMARTS) is 1. The van der Waals surface area contributed by atoms with E-state index in [4.69, 9.17) is 9.52 Å². The van der Waals surface area contributed by atoms with E-state index in [0.29, 0.717) is 5.89 Å². The predicted octanol–water partition coefficient (Wildman–Crippen LogP) is 0.725. The number of aromatic nitrogens is 1. The molecule has 1 saturated heterocycles. The first-order chi connectivity index (χ1) is 7.97. The Bertz CT molecular complexity index is 447. The number of carboxylic acids is 1. The summed E-state index contributed by atoms with van der Waals surface area (Å²) >= 11 is 0. The number of rotatable bonds is 3. The number of hydrogen-bond acceptors (Lipinski definition) is 4. The van der Waals surface area contributed by atoms with Crippen molar-refractivity contribution >= 4 is 11.9 Å². The normalized spacial score (nSPS) is 20.0. The highest BCUT2D eigenvalue weighted by molar-refractivity contribution is 5.85. The third-order valence-electron chi connectivity index (χ3n) is 2.96. The quantitative estimate of drug-likeness (QED) is 0.839. The van der Waals surface area contributed by atoms with Gasteiger partial charge in [-0.1, -0.05) is 0 Å². The van der Waals surface area contributed by atoms with Crippen molar-refractivity contribution in [1.29, 1.82) is 0 Å². The van der Waals surface area contributed by atoms with Gasteiger partial charge in [0.15, 0.2) is 0 Å². The number of oxazole rings is 1. The van der Waals surface area contributed by atoms with E-state index < -0.39 is 11.9 Å². The average Bonchev–Trinajstić information content (AvgIpc) is 2.73. The van der Waals surface area contributed by atoms with E-state index in [1.54, 1.807) is 6.92 Å². The fraction of sp³-hybridized carbons (Fsp3) is 0.545. The highest BCUT2D eigenvalue weighted by Crippen LogP contribution is 2.20. The lowest BCUT2D eigenvalue weighted by atomic mass is 10.1. The summed E-state index contributed by atoms with van der Waals surface area (Å²) in [6, 6.07) is 0. The smallest absolute Gasteiger partial charge is 0.308 e. The molecule has 0 bridgehead atoms. The van der Waals surface area contributed by atoms with Crippen molar-refractivity contribution in [3.63, 3.8) is 0 Å². The van der Waals surface area contributed by atoms with E-state index in [9.17, 15) is 9.59 Å². The van der Waals surface area contributed by atoms with Gasteiger partial charge in [0.05, 0.1) is 18.2 Å². The Balaban J connectivity index is 2.05. The maximum atomic E-state index is 11.6. The van der Waals surface area contributed by atoms with Gasteiger partial charge in [0.2, 0.25) is 11.8 Å². The van der Waals surface area contributed by atoms with Crippen molar-refractivity contribution in [2.45, 2.75) is 26.8 Å². The molecule has 6 heteroatoms. The molecular formula is C11H14N2O4. The zero-order valence-electron chi connectivity index (χ0n) is 9.77. The summed E-state index contributed by atoms with van der Waals surface area (Å²) in [6.45, 7) is 4.11. The molecule has 1 N–H and O–H groups in total. The van der Waals surface area contributed by atoms with Crippen LogP contribution in [-0.4, -0.2) is 33.4 Å². The number of carbonyl (C=O) groups excluding carboxylic acids is 1. The first-order valence-electron chi connectivity index (χ1n) is 5.41. The number of nitrogens with zero attached hydrogens (tertiary/aromatic N) is 2. The molecule has 92 valence electrons. The maximum Gasteiger partial charge on any atom is 0.308 e. The Kier molecular flexibility index (Phi) is 2.87.